The van der Waals surface area contributed by atoms with Crippen LogP contribution in [0.3, 0.4) is 0 Å². The second-order valence-electron chi connectivity index (χ2n) is 2.24. The van der Waals surface area contributed by atoms with Crippen LogP contribution in [0.25, 0.3) is 0 Å². The van der Waals surface area contributed by atoms with Crippen LogP contribution in [0, 0.1) is 4.84 Å². The summed E-state index contributed by atoms with van der Waals surface area (Å²) in [6.07, 6.45) is 1.70. The molecule has 0 radical (unpaired) electrons. The molecule has 3 nitrogen and oxygen atoms in total. The lowest BCUT2D eigenvalue weighted by molar-refractivity contribution is 0.453. The highest BCUT2D eigenvalue weighted by molar-refractivity contribution is 7.71. The molecule has 1 rings (SSSR count). The number of aromatic amines is 1. The summed E-state index contributed by atoms with van der Waals surface area (Å²) < 4.78 is 5.06. The molecule has 0 bridgehead atoms. The van der Waals surface area contributed by atoms with E-state index in [0.29, 0.717) is 5.76 Å². The molecule has 1 N–H and O–H groups in total. The predicted molar refractivity (Wildman–Crippen MR) is 44.2 cm³/mol. The summed E-state index contributed by atoms with van der Waals surface area (Å²) in [4.78, 5) is 13.3. The molecule has 1 heterocycles. The number of hydrogen-bond donors (Lipinski definition) is 1. The maximum Gasteiger partial charge on any atom is 0.268 e. The zero-order valence-corrected chi connectivity index (χ0v) is 7.03. The minimum Gasteiger partial charge on any atom is -0.436 e. The maximum absolute atomic E-state index is 10.8. The van der Waals surface area contributed by atoms with Crippen molar-refractivity contribution in [2.45, 2.75) is 19.8 Å². The number of aromatic nitrogens is 1. The Morgan fingerprint density at radius 2 is 2.45 bits per heavy atom. The average Bonchev–Trinajstić information content (AvgIpc) is 1.85. The number of rotatable bonds is 2. The lowest BCUT2D eigenvalue weighted by Gasteiger charge is -1.93. The molecule has 4 heteroatoms. The molecule has 0 unspecified atom stereocenters. The molecule has 0 fully saturated rings. The second-order valence-corrected chi connectivity index (χ2v) is 2.61. The molecule has 11 heavy (non-hydrogen) atoms. The third-order valence-electron chi connectivity index (χ3n) is 1.24. The van der Waals surface area contributed by atoms with Crippen LogP contribution < -0.4 is 5.56 Å². The van der Waals surface area contributed by atoms with Crippen molar-refractivity contribution >= 4 is 12.2 Å². The summed E-state index contributed by atoms with van der Waals surface area (Å²) in [5.74, 6) is 0.654. The molecule has 0 aliphatic heterocycles. The van der Waals surface area contributed by atoms with Crippen LogP contribution >= 0.6 is 12.2 Å². The summed E-state index contributed by atoms with van der Waals surface area (Å²) in [6, 6.07) is 1.43. The molecule has 1 aromatic rings. The molecule has 0 saturated carbocycles. The zero-order valence-electron chi connectivity index (χ0n) is 6.22. The lowest BCUT2D eigenvalue weighted by Crippen LogP contribution is -2.05. The SMILES string of the molecule is CCCc1cc(=O)[nH]c(=S)o1. The fourth-order valence-corrected chi connectivity index (χ4v) is 1.03. The van der Waals surface area contributed by atoms with E-state index in [9.17, 15) is 4.79 Å². The van der Waals surface area contributed by atoms with Gasteiger partial charge in [0.05, 0.1) is 0 Å². The molecule has 0 aliphatic rings. The molecule has 0 saturated heterocycles. The Balaban J connectivity index is 3.09. The summed E-state index contributed by atoms with van der Waals surface area (Å²) in [7, 11) is 0. The summed E-state index contributed by atoms with van der Waals surface area (Å²) in [5, 5.41) is 0. The first-order valence-corrected chi connectivity index (χ1v) is 3.86. The Hall–Kier alpha value is -0.900. The van der Waals surface area contributed by atoms with E-state index in [-0.39, 0.29) is 10.4 Å². The number of hydrogen-bond acceptors (Lipinski definition) is 3. The van der Waals surface area contributed by atoms with Gasteiger partial charge in [-0.25, -0.2) is 0 Å². The third-order valence-corrected chi connectivity index (χ3v) is 1.42. The summed E-state index contributed by atoms with van der Waals surface area (Å²) >= 11 is 4.68. The predicted octanol–water partition coefficient (Wildman–Crippen LogP) is 1.65. The highest BCUT2D eigenvalue weighted by atomic mass is 32.1. The summed E-state index contributed by atoms with van der Waals surface area (Å²) in [5.41, 5.74) is -0.190. The molecular weight excluding hydrogens is 162 g/mol. The lowest BCUT2D eigenvalue weighted by atomic mass is 10.3. The number of H-pyrrole nitrogens is 1. The highest BCUT2D eigenvalue weighted by Gasteiger charge is 1.94. The van der Waals surface area contributed by atoms with Gasteiger partial charge in [0.1, 0.15) is 5.76 Å². The average molecular weight is 171 g/mol. The molecule has 1 aromatic heterocycles. The van der Waals surface area contributed by atoms with Gasteiger partial charge in [0.15, 0.2) is 0 Å². The van der Waals surface area contributed by atoms with Crippen molar-refractivity contribution in [1.82, 2.24) is 4.98 Å². The van der Waals surface area contributed by atoms with Gasteiger partial charge in [-0.05, 0) is 18.6 Å². The zero-order chi connectivity index (χ0) is 8.27. The molecule has 60 valence electrons. The van der Waals surface area contributed by atoms with Gasteiger partial charge in [-0.1, -0.05) is 6.92 Å². The van der Waals surface area contributed by atoms with Gasteiger partial charge < -0.3 is 4.42 Å². The molecule has 0 aromatic carbocycles. The smallest absolute Gasteiger partial charge is 0.268 e. The van der Waals surface area contributed by atoms with Gasteiger partial charge in [-0.15, -0.1) is 0 Å². The molecule has 0 spiro atoms. The van der Waals surface area contributed by atoms with Gasteiger partial charge >= 0.3 is 0 Å². The van der Waals surface area contributed by atoms with E-state index in [2.05, 4.69) is 17.2 Å². The van der Waals surface area contributed by atoms with Crippen LogP contribution in [-0.4, -0.2) is 4.98 Å². The van der Waals surface area contributed by atoms with Gasteiger partial charge in [-0.2, -0.15) is 0 Å². The molecular formula is C7H9NO2S. The van der Waals surface area contributed by atoms with Gasteiger partial charge in [0.25, 0.3) is 10.4 Å². The van der Waals surface area contributed by atoms with E-state index >= 15 is 0 Å². The second kappa shape index (κ2) is 3.48. The summed E-state index contributed by atoms with van der Waals surface area (Å²) in [6.45, 7) is 2.01. The first-order chi connectivity index (χ1) is 5.22. The molecule has 0 atom stereocenters. The largest absolute Gasteiger partial charge is 0.436 e. The van der Waals surface area contributed by atoms with Crippen molar-refractivity contribution < 1.29 is 4.42 Å². The van der Waals surface area contributed by atoms with E-state index in [0.717, 1.165) is 12.8 Å². The van der Waals surface area contributed by atoms with Crippen molar-refractivity contribution in [3.8, 4) is 0 Å². The fourth-order valence-electron chi connectivity index (χ4n) is 0.827. The third kappa shape index (κ3) is 2.31. The Kier molecular flexibility index (Phi) is 2.59. The maximum atomic E-state index is 10.8. The highest BCUT2D eigenvalue weighted by Crippen LogP contribution is 1.98. The number of aryl methyl sites for hydroxylation is 1. The Morgan fingerprint density at radius 3 is 3.00 bits per heavy atom. The normalized spacial score (nSPS) is 9.91. The minimum atomic E-state index is -0.190. The van der Waals surface area contributed by atoms with Crippen LogP contribution in [0.1, 0.15) is 19.1 Å². The monoisotopic (exact) mass is 171 g/mol. The van der Waals surface area contributed by atoms with Crippen LogP contribution in [0.15, 0.2) is 15.3 Å². The first-order valence-electron chi connectivity index (χ1n) is 3.45. The Morgan fingerprint density at radius 1 is 1.73 bits per heavy atom. The van der Waals surface area contributed by atoms with Crippen LogP contribution in [0.5, 0.6) is 0 Å². The van der Waals surface area contributed by atoms with E-state index in [1.807, 2.05) is 6.92 Å². The topological polar surface area (TPSA) is 46.0 Å². The van der Waals surface area contributed by atoms with E-state index in [1.165, 1.54) is 6.07 Å². The first kappa shape index (κ1) is 8.20. The van der Waals surface area contributed by atoms with Crippen molar-refractivity contribution in [2.75, 3.05) is 0 Å². The minimum absolute atomic E-state index is 0.154. The Bertz CT molecular complexity index is 311. The van der Waals surface area contributed by atoms with Crippen molar-refractivity contribution in [3.05, 3.63) is 27.0 Å². The quantitative estimate of drug-likeness (QED) is 0.688. The van der Waals surface area contributed by atoms with Crippen LogP contribution in [0.2, 0.25) is 0 Å². The van der Waals surface area contributed by atoms with E-state index in [4.69, 9.17) is 4.42 Å². The van der Waals surface area contributed by atoms with E-state index in [1.54, 1.807) is 0 Å². The van der Waals surface area contributed by atoms with Crippen LogP contribution in [-0.2, 0) is 6.42 Å². The molecule has 0 aliphatic carbocycles. The van der Waals surface area contributed by atoms with E-state index < -0.39 is 0 Å². The van der Waals surface area contributed by atoms with Gasteiger partial charge in [-0.3, -0.25) is 9.78 Å². The fraction of sp³-hybridized carbons (Fsp3) is 0.429. The van der Waals surface area contributed by atoms with Crippen molar-refractivity contribution in [3.63, 3.8) is 0 Å². The van der Waals surface area contributed by atoms with Crippen LogP contribution in [0.4, 0.5) is 0 Å². The van der Waals surface area contributed by atoms with Crippen molar-refractivity contribution in [1.29, 1.82) is 0 Å². The van der Waals surface area contributed by atoms with Crippen molar-refractivity contribution in [2.24, 2.45) is 0 Å². The van der Waals surface area contributed by atoms with Gasteiger partial charge in [0, 0.05) is 12.5 Å². The van der Waals surface area contributed by atoms with Gasteiger partial charge in [0.2, 0.25) is 0 Å². The standard InChI is InChI=1S/C7H9NO2S/c1-2-3-5-4-6(9)8-7(11)10-5/h4H,2-3H2,1H3,(H,8,9,11). The Labute approximate surface area is 69.1 Å². The molecule has 0 amide bonds. The number of nitrogens with one attached hydrogen (secondary N) is 1.